The van der Waals surface area contributed by atoms with Gasteiger partial charge in [0.2, 0.25) is 0 Å². The fraction of sp³-hybridized carbons (Fsp3) is 0.364. The first-order valence-corrected chi connectivity index (χ1v) is 14.4. The first-order chi connectivity index (χ1) is 20.9. The highest BCUT2D eigenvalue weighted by atomic mass is 16.5. The zero-order chi connectivity index (χ0) is 30.5. The first-order valence-electron chi connectivity index (χ1n) is 14.4. The van der Waals surface area contributed by atoms with Gasteiger partial charge in [0, 0.05) is 35.9 Å². The molecule has 2 aromatic heterocycles. The Morgan fingerprint density at radius 1 is 1.02 bits per heavy atom. The van der Waals surface area contributed by atoms with E-state index in [2.05, 4.69) is 11.5 Å². The SMILES string of the molecule is CCn1c(CCOCc2ccccc2)nc2c1CCCc1c(O)c(C(=O)OC)c(=O)n(Cc3ccc(OC)cc3OC)c1-2. The van der Waals surface area contributed by atoms with E-state index in [4.69, 9.17) is 23.9 Å². The minimum absolute atomic E-state index is 0.0759. The Bertz CT molecular complexity index is 1670. The molecule has 0 radical (unpaired) electrons. The molecule has 0 fully saturated rings. The van der Waals surface area contributed by atoms with Gasteiger partial charge < -0.3 is 33.2 Å². The van der Waals surface area contributed by atoms with Crippen molar-refractivity contribution in [2.75, 3.05) is 27.9 Å². The Morgan fingerprint density at radius 3 is 2.51 bits per heavy atom. The Morgan fingerprint density at radius 2 is 1.81 bits per heavy atom. The van der Waals surface area contributed by atoms with Gasteiger partial charge in [-0.05, 0) is 43.9 Å². The Balaban J connectivity index is 1.62. The summed E-state index contributed by atoms with van der Waals surface area (Å²) in [6, 6.07) is 15.3. The van der Waals surface area contributed by atoms with Gasteiger partial charge in [0.1, 0.15) is 28.8 Å². The summed E-state index contributed by atoms with van der Waals surface area (Å²) in [6.45, 7) is 3.81. The number of nitrogens with zero attached hydrogens (tertiary/aromatic N) is 3. The molecule has 4 aromatic rings. The summed E-state index contributed by atoms with van der Waals surface area (Å²) < 4.78 is 25.5. The van der Waals surface area contributed by atoms with Crippen LogP contribution in [0.25, 0.3) is 11.4 Å². The molecule has 10 nitrogen and oxygen atoms in total. The van der Waals surface area contributed by atoms with Gasteiger partial charge in [0.25, 0.3) is 5.56 Å². The van der Waals surface area contributed by atoms with Crippen LogP contribution in [0.2, 0.25) is 0 Å². The topological polar surface area (TPSA) is 114 Å². The molecule has 1 aliphatic carbocycles. The lowest BCUT2D eigenvalue weighted by atomic mass is 10.0. The quantitative estimate of drug-likeness (QED) is 0.201. The molecule has 0 atom stereocenters. The van der Waals surface area contributed by atoms with Gasteiger partial charge >= 0.3 is 5.97 Å². The zero-order valence-corrected chi connectivity index (χ0v) is 25.0. The van der Waals surface area contributed by atoms with Crippen LogP contribution >= 0.6 is 0 Å². The number of fused-ring (bicyclic) bond motifs is 3. The Hall–Kier alpha value is -4.57. The van der Waals surface area contributed by atoms with Gasteiger partial charge in [0.05, 0.1) is 46.8 Å². The predicted molar refractivity (Wildman–Crippen MR) is 161 cm³/mol. The molecule has 2 heterocycles. The predicted octanol–water partition coefficient (Wildman–Crippen LogP) is 4.54. The summed E-state index contributed by atoms with van der Waals surface area (Å²) >= 11 is 0. The van der Waals surface area contributed by atoms with E-state index in [1.807, 2.05) is 36.4 Å². The normalized spacial score (nSPS) is 12.3. The van der Waals surface area contributed by atoms with Crippen LogP contribution in [0.3, 0.4) is 0 Å². The monoisotopic (exact) mass is 587 g/mol. The fourth-order valence-electron chi connectivity index (χ4n) is 5.77. The summed E-state index contributed by atoms with van der Waals surface area (Å²) in [6.07, 6.45) is 2.43. The van der Waals surface area contributed by atoms with Gasteiger partial charge in [0.15, 0.2) is 5.56 Å². The number of carbonyl (C=O) groups excluding carboxylic acids is 1. The molecule has 1 N–H and O–H groups in total. The second kappa shape index (κ2) is 13.2. The molecule has 0 bridgehead atoms. The number of hydrogen-bond donors (Lipinski definition) is 1. The molecule has 0 spiro atoms. The summed E-state index contributed by atoms with van der Waals surface area (Å²) in [5, 5.41) is 11.3. The lowest BCUT2D eigenvalue weighted by Gasteiger charge is -2.20. The highest BCUT2D eigenvalue weighted by Crippen LogP contribution is 2.38. The summed E-state index contributed by atoms with van der Waals surface area (Å²) in [5.74, 6) is 0.732. The fourth-order valence-corrected chi connectivity index (χ4v) is 5.77. The van der Waals surface area contributed by atoms with Crippen LogP contribution in [0.1, 0.15) is 51.9 Å². The van der Waals surface area contributed by atoms with Gasteiger partial charge in [-0.2, -0.15) is 0 Å². The minimum atomic E-state index is -0.888. The molecule has 0 unspecified atom stereocenters. The number of methoxy groups -OCH3 is 3. The molecule has 0 aliphatic heterocycles. The first kappa shape index (κ1) is 29.9. The lowest BCUT2D eigenvalue weighted by Crippen LogP contribution is -2.30. The molecule has 2 aromatic carbocycles. The van der Waals surface area contributed by atoms with Crippen molar-refractivity contribution < 1.29 is 28.8 Å². The summed E-state index contributed by atoms with van der Waals surface area (Å²) in [5.41, 5.74) is 3.36. The highest BCUT2D eigenvalue weighted by Gasteiger charge is 2.32. The van der Waals surface area contributed by atoms with Crippen molar-refractivity contribution >= 4 is 5.97 Å². The highest BCUT2D eigenvalue weighted by molar-refractivity contribution is 5.93. The second-order valence-corrected chi connectivity index (χ2v) is 10.3. The molecular weight excluding hydrogens is 550 g/mol. The number of carbonyl (C=O) groups is 1. The number of benzene rings is 2. The second-order valence-electron chi connectivity index (χ2n) is 10.3. The largest absolute Gasteiger partial charge is 0.506 e. The number of aromatic hydroxyl groups is 1. The van der Waals surface area contributed by atoms with E-state index in [9.17, 15) is 14.7 Å². The smallest absolute Gasteiger partial charge is 0.347 e. The average molecular weight is 588 g/mol. The van der Waals surface area contributed by atoms with Gasteiger partial charge in [-0.15, -0.1) is 0 Å². The van der Waals surface area contributed by atoms with Crippen molar-refractivity contribution in [2.45, 2.75) is 52.3 Å². The summed E-state index contributed by atoms with van der Waals surface area (Å²) in [4.78, 5) is 31.8. The molecule has 0 saturated carbocycles. The number of pyridine rings is 1. The third kappa shape index (κ3) is 5.87. The number of rotatable bonds is 11. The number of hydrogen-bond acceptors (Lipinski definition) is 8. The van der Waals surface area contributed by atoms with E-state index in [1.54, 1.807) is 26.4 Å². The van der Waals surface area contributed by atoms with Crippen LogP contribution in [-0.4, -0.2) is 53.1 Å². The standard InChI is InChI=1S/C33H37N3O7/c1-5-35-25-13-9-12-24-30(29(25)34-27(35)16-17-43-20-21-10-7-6-8-11-21)36(32(38)28(31(24)37)33(39)42-4)19-22-14-15-23(40-2)18-26(22)41-3/h6-8,10-11,14-15,18,37H,5,9,12-13,16-17,19-20H2,1-4H3. The van der Waals surface area contributed by atoms with E-state index in [0.717, 1.165) is 17.1 Å². The molecule has 5 rings (SSSR count). The molecule has 0 amide bonds. The third-order valence-electron chi connectivity index (χ3n) is 7.86. The van der Waals surface area contributed by atoms with Crippen LogP contribution in [0.4, 0.5) is 0 Å². The molecular formula is C33H37N3O7. The third-order valence-corrected chi connectivity index (χ3v) is 7.86. The molecule has 1 aliphatic rings. The van der Waals surface area contributed by atoms with E-state index in [1.165, 1.54) is 11.7 Å². The Kier molecular flexibility index (Phi) is 9.16. The van der Waals surface area contributed by atoms with Gasteiger partial charge in [-0.3, -0.25) is 4.79 Å². The van der Waals surface area contributed by atoms with E-state index in [-0.39, 0.29) is 17.9 Å². The van der Waals surface area contributed by atoms with Crippen molar-refractivity contribution in [2.24, 2.45) is 0 Å². The van der Waals surface area contributed by atoms with Crippen LogP contribution < -0.4 is 15.0 Å². The Labute approximate surface area is 250 Å². The van der Waals surface area contributed by atoms with Crippen molar-refractivity contribution in [3.05, 3.63) is 92.7 Å². The molecule has 0 saturated heterocycles. The molecule has 43 heavy (non-hydrogen) atoms. The van der Waals surface area contributed by atoms with Crippen molar-refractivity contribution in [3.63, 3.8) is 0 Å². The van der Waals surface area contributed by atoms with Crippen LogP contribution in [0, 0.1) is 0 Å². The van der Waals surface area contributed by atoms with E-state index >= 15 is 0 Å². The lowest BCUT2D eigenvalue weighted by molar-refractivity contribution is 0.0594. The summed E-state index contributed by atoms with van der Waals surface area (Å²) in [7, 11) is 4.31. The van der Waals surface area contributed by atoms with Crippen LogP contribution in [0.15, 0.2) is 53.3 Å². The number of imidazole rings is 1. The number of esters is 1. The minimum Gasteiger partial charge on any atom is -0.506 e. The maximum atomic E-state index is 14.0. The van der Waals surface area contributed by atoms with Crippen molar-refractivity contribution in [1.82, 2.24) is 14.1 Å². The maximum absolute atomic E-state index is 14.0. The maximum Gasteiger partial charge on any atom is 0.347 e. The van der Waals surface area contributed by atoms with E-state index in [0.29, 0.717) is 79.5 Å². The van der Waals surface area contributed by atoms with Crippen molar-refractivity contribution in [3.8, 4) is 28.6 Å². The van der Waals surface area contributed by atoms with Gasteiger partial charge in [-0.25, -0.2) is 9.78 Å². The van der Waals surface area contributed by atoms with Gasteiger partial charge in [-0.1, -0.05) is 30.3 Å². The van der Waals surface area contributed by atoms with E-state index < -0.39 is 11.5 Å². The van der Waals surface area contributed by atoms with Crippen molar-refractivity contribution in [1.29, 1.82) is 0 Å². The number of aromatic nitrogens is 3. The van der Waals surface area contributed by atoms with Crippen LogP contribution in [-0.2, 0) is 48.4 Å². The zero-order valence-electron chi connectivity index (χ0n) is 25.0. The average Bonchev–Trinajstić information content (AvgIpc) is 3.27. The molecule has 226 valence electrons. The number of ether oxygens (including phenoxy) is 4. The molecule has 10 heteroatoms. The van der Waals surface area contributed by atoms with Crippen LogP contribution in [0.5, 0.6) is 17.2 Å².